The zero-order valence-electron chi connectivity index (χ0n) is 14.7. The van der Waals surface area contributed by atoms with Crippen LogP contribution in [-0.4, -0.2) is 38.4 Å². The van der Waals surface area contributed by atoms with Gasteiger partial charge in [0.1, 0.15) is 6.07 Å². The molecule has 0 unspecified atom stereocenters. The predicted octanol–water partition coefficient (Wildman–Crippen LogP) is 2.55. The lowest BCUT2D eigenvalue weighted by molar-refractivity contribution is 0.126. The van der Waals surface area contributed by atoms with E-state index < -0.39 is 0 Å². The number of rotatable bonds is 4. The zero-order chi connectivity index (χ0) is 17.6. The highest BCUT2D eigenvalue weighted by Crippen LogP contribution is 2.27. The number of aromatic nitrogens is 2. The van der Waals surface area contributed by atoms with Gasteiger partial charge in [-0.15, -0.1) is 0 Å². The minimum atomic E-state index is -0.230. The van der Waals surface area contributed by atoms with E-state index in [2.05, 4.69) is 21.4 Å². The summed E-state index contributed by atoms with van der Waals surface area (Å²) in [6.45, 7) is 0. The summed E-state index contributed by atoms with van der Waals surface area (Å²) in [6, 6.07) is 2.48. The molecular formula is C19H28N4O2. The van der Waals surface area contributed by atoms with Crippen molar-refractivity contribution in [3.8, 4) is 6.07 Å². The van der Waals surface area contributed by atoms with Crippen LogP contribution in [0.5, 0.6) is 0 Å². The summed E-state index contributed by atoms with van der Waals surface area (Å²) < 4.78 is 0. The normalized spacial score (nSPS) is 30.3. The van der Waals surface area contributed by atoms with Crippen LogP contribution in [-0.2, 0) is 6.42 Å². The fraction of sp³-hybridized carbons (Fsp3) is 0.737. The Labute approximate surface area is 149 Å². The molecule has 0 amide bonds. The first kappa shape index (κ1) is 18.1. The van der Waals surface area contributed by atoms with Crippen molar-refractivity contribution in [1.82, 2.24) is 9.97 Å². The number of nitrogens with zero attached hydrogens (tertiary/aromatic N) is 3. The topological polar surface area (TPSA) is 102 Å². The number of hydrogen-bond acceptors (Lipinski definition) is 6. The van der Waals surface area contributed by atoms with Crippen LogP contribution in [0.1, 0.15) is 69.0 Å². The minimum Gasteiger partial charge on any atom is -0.393 e. The maximum atomic E-state index is 10.0. The third-order valence-corrected chi connectivity index (χ3v) is 5.51. The lowest BCUT2D eigenvalue weighted by atomic mass is 9.92. The van der Waals surface area contributed by atoms with Crippen LogP contribution in [0.15, 0.2) is 6.20 Å². The van der Waals surface area contributed by atoms with Gasteiger partial charge in [-0.1, -0.05) is 12.8 Å². The molecule has 0 bridgehead atoms. The summed E-state index contributed by atoms with van der Waals surface area (Å²) in [5, 5.41) is 32.4. The lowest BCUT2D eigenvalue weighted by Gasteiger charge is -2.26. The Morgan fingerprint density at radius 2 is 1.84 bits per heavy atom. The molecule has 3 rings (SSSR count). The molecule has 0 radical (unpaired) electrons. The molecular weight excluding hydrogens is 316 g/mol. The van der Waals surface area contributed by atoms with Gasteiger partial charge in [0.25, 0.3) is 0 Å². The fourth-order valence-corrected chi connectivity index (χ4v) is 4.03. The SMILES string of the molecule is N#Cc1cnc(NC2CCC(O)CC2)nc1C[C@@H]1CCCC[C@H](O)C1. The standard InChI is InChI=1S/C19H28N4O2/c20-11-14-12-21-19(22-15-5-7-16(24)8-6-15)23-18(14)10-13-3-1-2-4-17(25)9-13/h12-13,15-17,24-25H,1-10H2,(H,21,22,23)/t13-,15?,16?,17+/m1/s1. The highest BCUT2D eigenvalue weighted by atomic mass is 16.3. The number of hydrogen-bond donors (Lipinski definition) is 3. The van der Waals surface area contributed by atoms with Crippen LogP contribution in [0.4, 0.5) is 5.95 Å². The summed E-state index contributed by atoms with van der Waals surface area (Å²) in [5.41, 5.74) is 1.32. The maximum Gasteiger partial charge on any atom is 0.223 e. The fourth-order valence-electron chi connectivity index (χ4n) is 4.03. The largest absolute Gasteiger partial charge is 0.393 e. The Balaban J connectivity index is 1.68. The molecule has 2 aliphatic rings. The van der Waals surface area contributed by atoms with E-state index in [4.69, 9.17) is 0 Å². The molecule has 6 heteroatoms. The van der Waals surface area contributed by atoms with Gasteiger partial charge in [0.15, 0.2) is 0 Å². The molecule has 1 aromatic rings. The molecule has 0 aromatic carbocycles. The Hall–Kier alpha value is -1.71. The Morgan fingerprint density at radius 1 is 1.08 bits per heavy atom. The van der Waals surface area contributed by atoms with Crippen molar-refractivity contribution >= 4 is 5.95 Å². The van der Waals surface area contributed by atoms with Crippen LogP contribution in [0.3, 0.4) is 0 Å². The highest BCUT2D eigenvalue weighted by Gasteiger charge is 2.23. The van der Waals surface area contributed by atoms with Crippen LogP contribution in [0.25, 0.3) is 0 Å². The minimum absolute atomic E-state index is 0.183. The van der Waals surface area contributed by atoms with E-state index in [1.165, 1.54) is 0 Å². The van der Waals surface area contributed by atoms with E-state index in [-0.39, 0.29) is 18.2 Å². The number of aliphatic hydroxyl groups excluding tert-OH is 2. The van der Waals surface area contributed by atoms with Crippen molar-refractivity contribution in [2.24, 2.45) is 5.92 Å². The molecule has 2 aliphatic carbocycles. The molecule has 1 aromatic heterocycles. The molecule has 3 N–H and O–H groups in total. The van der Waals surface area contributed by atoms with Gasteiger partial charge >= 0.3 is 0 Å². The van der Waals surface area contributed by atoms with Gasteiger partial charge < -0.3 is 15.5 Å². The Bertz CT molecular complexity index is 608. The Morgan fingerprint density at radius 3 is 2.60 bits per heavy atom. The first-order valence-corrected chi connectivity index (χ1v) is 9.52. The molecule has 1 heterocycles. The molecule has 136 valence electrons. The first-order chi connectivity index (χ1) is 12.1. The van der Waals surface area contributed by atoms with Gasteiger partial charge in [0.2, 0.25) is 5.95 Å². The zero-order valence-corrected chi connectivity index (χ0v) is 14.7. The van der Waals surface area contributed by atoms with Crippen LogP contribution in [0.2, 0.25) is 0 Å². The summed E-state index contributed by atoms with van der Waals surface area (Å²) in [7, 11) is 0. The maximum absolute atomic E-state index is 10.0. The van der Waals surface area contributed by atoms with E-state index in [0.29, 0.717) is 17.4 Å². The molecule has 2 fully saturated rings. The number of nitrogens with one attached hydrogen (secondary N) is 1. The second-order valence-electron chi connectivity index (χ2n) is 7.56. The van der Waals surface area contributed by atoms with E-state index >= 15 is 0 Å². The summed E-state index contributed by atoms with van der Waals surface area (Å²) in [4.78, 5) is 8.91. The molecule has 0 spiro atoms. The van der Waals surface area contributed by atoms with E-state index in [0.717, 1.165) is 69.9 Å². The van der Waals surface area contributed by atoms with Gasteiger partial charge in [-0.25, -0.2) is 9.97 Å². The van der Waals surface area contributed by atoms with Crippen molar-refractivity contribution in [3.05, 3.63) is 17.5 Å². The van der Waals surface area contributed by atoms with Gasteiger partial charge in [-0.2, -0.15) is 5.26 Å². The first-order valence-electron chi connectivity index (χ1n) is 9.52. The second kappa shape index (κ2) is 8.59. The summed E-state index contributed by atoms with van der Waals surface area (Å²) in [5.74, 6) is 0.946. The van der Waals surface area contributed by atoms with Crippen molar-refractivity contribution < 1.29 is 10.2 Å². The van der Waals surface area contributed by atoms with Crippen molar-refractivity contribution in [1.29, 1.82) is 5.26 Å². The molecule has 2 atom stereocenters. The van der Waals surface area contributed by atoms with Gasteiger partial charge in [-0.3, -0.25) is 0 Å². The third kappa shape index (κ3) is 5.13. The average Bonchev–Trinajstić information content (AvgIpc) is 2.81. The van der Waals surface area contributed by atoms with Gasteiger partial charge in [-0.05, 0) is 57.3 Å². The third-order valence-electron chi connectivity index (χ3n) is 5.51. The lowest BCUT2D eigenvalue weighted by Crippen LogP contribution is -2.29. The summed E-state index contributed by atoms with van der Waals surface area (Å²) >= 11 is 0. The predicted molar refractivity (Wildman–Crippen MR) is 94.9 cm³/mol. The van der Waals surface area contributed by atoms with E-state index in [9.17, 15) is 15.5 Å². The molecule has 6 nitrogen and oxygen atoms in total. The number of anilines is 1. The van der Waals surface area contributed by atoms with Gasteiger partial charge in [0.05, 0.1) is 29.7 Å². The number of nitriles is 1. The van der Waals surface area contributed by atoms with Crippen LogP contribution < -0.4 is 5.32 Å². The monoisotopic (exact) mass is 344 g/mol. The number of aliphatic hydroxyl groups is 2. The second-order valence-corrected chi connectivity index (χ2v) is 7.56. The molecule has 25 heavy (non-hydrogen) atoms. The molecule has 0 saturated heterocycles. The van der Waals surface area contributed by atoms with Crippen molar-refractivity contribution in [2.75, 3.05) is 5.32 Å². The quantitative estimate of drug-likeness (QED) is 0.726. The smallest absolute Gasteiger partial charge is 0.223 e. The summed E-state index contributed by atoms with van der Waals surface area (Å²) in [6.07, 6.45) is 10.3. The van der Waals surface area contributed by atoms with Crippen molar-refractivity contribution in [3.63, 3.8) is 0 Å². The van der Waals surface area contributed by atoms with Crippen LogP contribution >= 0.6 is 0 Å². The van der Waals surface area contributed by atoms with Crippen LogP contribution in [0, 0.1) is 17.2 Å². The van der Waals surface area contributed by atoms with E-state index in [1.54, 1.807) is 6.20 Å². The van der Waals surface area contributed by atoms with E-state index in [1.807, 2.05) is 0 Å². The Kier molecular flexibility index (Phi) is 6.22. The average molecular weight is 344 g/mol. The highest BCUT2D eigenvalue weighted by molar-refractivity contribution is 5.37. The van der Waals surface area contributed by atoms with Gasteiger partial charge in [0, 0.05) is 6.04 Å². The molecule has 0 aliphatic heterocycles. The molecule has 2 saturated carbocycles. The van der Waals surface area contributed by atoms with Crippen molar-refractivity contribution in [2.45, 2.75) is 82.5 Å².